The molecule has 4 rings (SSSR count). The number of halogens is 2. The molecular weight excluding hydrogens is 409 g/mol. The maximum Gasteiger partial charge on any atom is 0.268 e. The van der Waals surface area contributed by atoms with Crippen molar-refractivity contribution in [1.82, 2.24) is 14.5 Å². The van der Waals surface area contributed by atoms with Gasteiger partial charge < -0.3 is 0 Å². The van der Waals surface area contributed by atoms with Gasteiger partial charge in [-0.25, -0.2) is 14.4 Å². The molecule has 0 fully saturated rings. The summed E-state index contributed by atoms with van der Waals surface area (Å²) in [7, 11) is 0. The van der Waals surface area contributed by atoms with Crippen LogP contribution in [-0.4, -0.2) is 14.5 Å². The van der Waals surface area contributed by atoms with Gasteiger partial charge in [-0.1, -0.05) is 53.7 Å². The summed E-state index contributed by atoms with van der Waals surface area (Å²) in [5.74, 6) is 0.0857. The van der Waals surface area contributed by atoms with Gasteiger partial charge in [0.05, 0.1) is 16.1 Å². The third-order valence-electron chi connectivity index (χ3n) is 4.51. The standard InChI is InChI=1S/C22H17ClFN3OS/c1-13-10-14(2)25-20-19(13)21(28)27(16-8-9-18(24)17(23)11-16)22(26-20)29-12-15-6-4-3-5-7-15/h3-11H,12H2,1-2H3. The van der Waals surface area contributed by atoms with Gasteiger partial charge in [-0.15, -0.1) is 0 Å². The summed E-state index contributed by atoms with van der Waals surface area (Å²) in [6, 6.07) is 16.0. The Morgan fingerprint density at radius 3 is 2.55 bits per heavy atom. The van der Waals surface area contributed by atoms with E-state index in [0.717, 1.165) is 16.8 Å². The molecule has 7 heteroatoms. The number of nitrogens with zero attached hydrogens (tertiary/aromatic N) is 3. The molecule has 0 atom stereocenters. The monoisotopic (exact) mass is 425 g/mol. The molecule has 2 aromatic heterocycles. The first-order chi connectivity index (χ1) is 13.9. The molecule has 0 amide bonds. The minimum absolute atomic E-state index is 0.0488. The Morgan fingerprint density at radius 2 is 1.83 bits per heavy atom. The lowest BCUT2D eigenvalue weighted by Crippen LogP contribution is -2.23. The molecule has 0 bridgehead atoms. The Morgan fingerprint density at radius 1 is 1.07 bits per heavy atom. The number of aryl methyl sites for hydroxylation is 2. The number of pyridine rings is 1. The molecule has 2 aromatic carbocycles. The van der Waals surface area contributed by atoms with Gasteiger partial charge in [0.2, 0.25) is 0 Å². The van der Waals surface area contributed by atoms with Crippen LogP contribution in [0.4, 0.5) is 4.39 Å². The summed E-state index contributed by atoms with van der Waals surface area (Å²) in [6.45, 7) is 3.73. The number of benzene rings is 2. The highest BCUT2D eigenvalue weighted by atomic mass is 35.5. The van der Waals surface area contributed by atoms with Crippen molar-refractivity contribution in [1.29, 1.82) is 0 Å². The smallest absolute Gasteiger partial charge is 0.268 e. The predicted molar refractivity (Wildman–Crippen MR) is 116 cm³/mol. The van der Waals surface area contributed by atoms with Gasteiger partial charge in [0.1, 0.15) is 5.82 Å². The van der Waals surface area contributed by atoms with Crippen LogP contribution in [0.1, 0.15) is 16.8 Å². The van der Waals surface area contributed by atoms with Crippen molar-refractivity contribution < 1.29 is 4.39 Å². The Bertz CT molecular complexity index is 1270. The van der Waals surface area contributed by atoms with Crippen molar-refractivity contribution in [2.24, 2.45) is 0 Å². The lowest BCUT2D eigenvalue weighted by molar-refractivity contribution is 0.627. The number of fused-ring (bicyclic) bond motifs is 1. The fourth-order valence-electron chi connectivity index (χ4n) is 3.17. The van der Waals surface area contributed by atoms with E-state index in [0.29, 0.717) is 27.6 Å². The lowest BCUT2D eigenvalue weighted by atomic mass is 10.2. The number of thioether (sulfide) groups is 1. The van der Waals surface area contributed by atoms with Crippen molar-refractivity contribution in [2.45, 2.75) is 24.8 Å². The van der Waals surface area contributed by atoms with Crippen LogP contribution in [-0.2, 0) is 5.75 Å². The number of hydrogen-bond acceptors (Lipinski definition) is 4. The highest BCUT2D eigenvalue weighted by Crippen LogP contribution is 2.27. The minimum Gasteiger partial charge on any atom is -0.268 e. The molecule has 0 aliphatic carbocycles. The normalized spacial score (nSPS) is 11.2. The van der Waals surface area contributed by atoms with E-state index in [1.807, 2.05) is 50.2 Å². The van der Waals surface area contributed by atoms with E-state index in [1.54, 1.807) is 0 Å². The molecule has 29 heavy (non-hydrogen) atoms. The van der Waals surface area contributed by atoms with Crippen molar-refractivity contribution in [2.75, 3.05) is 0 Å². The van der Waals surface area contributed by atoms with Gasteiger partial charge in [-0.3, -0.25) is 9.36 Å². The topological polar surface area (TPSA) is 47.8 Å². The summed E-state index contributed by atoms with van der Waals surface area (Å²) >= 11 is 7.40. The van der Waals surface area contributed by atoms with Gasteiger partial charge in [0.15, 0.2) is 10.8 Å². The minimum atomic E-state index is -0.538. The predicted octanol–water partition coefficient (Wildman–Crippen LogP) is 5.48. The molecule has 146 valence electrons. The maximum absolute atomic E-state index is 13.7. The van der Waals surface area contributed by atoms with Crippen LogP contribution in [0.15, 0.2) is 64.5 Å². The van der Waals surface area contributed by atoms with E-state index in [4.69, 9.17) is 11.6 Å². The second kappa shape index (κ2) is 7.97. The van der Waals surface area contributed by atoms with Crippen LogP contribution < -0.4 is 5.56 Å². The summed E-state index contributed by atoms with van der Waals surface area (Å²) in [4.78, 5) is 22.6. The molecular formula is C22H17ClFN3OS. The summed E-state index contributed by atoms with van der Waals surface area (Å²) < 4.78 is 15.2. The van der Waals surface area contributed by atoms with Crippen molar-refractivity contribution >= 4 is 34.4 Å². The van der Waals surface area contributed by atoms with Gasteiger partial charge in [0.25, 0.3) is 5.56 Å². The van der Waals surface area contributed by atoms with Gasteiger partial charge >= 0.3 is 0 Å². The highest BCUT2D eigenvalue weighted by molar-refractivity contribution is 7.98. The molecule has 4 aromatic rings. The zero-order valence-corrected chi connectivity index (χ0v) is 17.4. The fraction of sp³-hybridized carbons (Fsp3) is 0.136. The van der Waals surface area contributed by atoms with Crippen LogP contribution in [0.5, 0.6) is 0 Å². The zero-order valence-electron chi connectivity index (χ0n) is 15.8. The molecule has 4 nitrogen and oxygen atoms in total. The summed E-state index contributed by atoms with van der Waals surface area (Å²) in [5, 5.41) is 0.874. The van der Waals surface area contributed by atoms with E-state index in [9.17, 15) is 9.18 Å². The Kier molecular flexibility index (Phi) is 5.39. The second-order valence-corrected chi connectivity index (χ2v) is 8.04. The molecule has 0 radical (unpaired) electrons. The third kappa shape index (κ3) is 3.91. The van der Waals surface area contributed by atoms with Crippen LogP contribution >= 0.6 is 23.4 Å². The second-order valence-electron chi connectivity index (χ2n) is 6.69. The fourth-order valence-corrected chi connectivity index (χ4v) is 4.30. The van der Waals surface area contributed by atoms with Gasteiger partial charge in [-0.2, -0.15) is 0 Å². The lowest BCUT2D eigenvalue weighted by Gasteiger charge is -2.14. The van der Waals surface area contributed by atoms with Gasteiger partial charge in [0, 0.05) is 11.4 Å². The summed E-state index contributed by atoms with van der Waals surface area (Å²) in [5.41, 5.74) is 3.32. The van der Waals surface area contributed by atoms with Crippen molar-refractivity contribution in [3.05, 3.63) is 92.6 Å². The molecule has 2 heterocycles. The number of aromatic nitrogens is 3. The molecule has 0 N–H and O–H groups in total. The van der Waals surface area contributed by atoms with Crippen LogP contribution in [0.3, 0.4) is 0 Å². The molecule has 0 aliphatic rings. The van der Waals surface area contributed by atoms with Gasteiger partial charge in [-0.05, 0) is 49.2 Å². The summed E-state index contributed by atoms with van der Waals surface area (Å²) in [6.07, 6.45) is 0. The zero-order chi connectivity index (χ0) is 20.5. The van der Waals surface area contributed by atoms with Crippen LogP contribution in [0.2, 0.25) is 5.02 Å². The Balaban J connectivity index is 1.93. The molecule has 0 saturated carbocycles. The van der Waals surface area contributed by atoms with E-state index < -0.39 is 5.82 Å². The van der Waals surface area contributed by atoms with Crippen molar-refractivity contribution in [3.8, 4) is 5.69 Å². The highest BCUT2D eigenvalue weighted by Gasteiger charge is 2.17. The first-order valence-electron chi connectivity index (χ1n) is 8.97. The van der Waals surface area contributed by atoms with Crippen LogP contribution in [0.25, 0.3) is 16.7 Å². The van der Waals surface area contributed by atoms with Crippen molar-refractivity contribution in [3.63, 3.8) is 0 Å². The Hall–Kier alpha value is -2.70. The molecule has 0 unspecified atom stereocenters. The Labute approximate surface area is 176 Å². The number of rotatable bonds is 4. The third-order valence-corrected chi connectivity index (χ3v) is 5.81. The SMILES string of the molecule is Cc1cc(C)c2c(=O)n(-c3ccc(F)c(Cl)c3)c(SCc3ccccc3)nc2n1. The van der Waals surface area contributed by atoms with Crippen LogP contribution in [0, 0.1) is 19.7 Å². The average molecular weight is 426 g/mol. The quantitative estimate of drug-likeness (QED) is 0.321. The first kappa shape index (κ1) is 19.6. The van der Waals surface area contributed by atoms with E-state index in [-0.39, 0.29) is 10.6 Å². The first-order valence-corrected chi connectivity index (χ1v) is 10.3. The average Bonchev–Trinajstić information content (AvgIpc) is 2.69. The molecule has 0 aliphatic heterocycles. The van der Waals surface area contributed by atoms with E-state index >= 15 is 0 Å². The molecule has 0 spiro atoms. The van der Waals surface area contributed by atoms with E-state index in [2.05, 4.69) is 9.97 Å². The van der Waals surface area contributed by atoms with E-state index in [1.165, 1.54) is 34.5 Å². The largest absolute Gasteiger partial charge is 0.268 e. The number of hydrogen-bond donors (Lipinski definition) is 0. The molecule has 0 saturated heterocycles. The maximum atomic E-state index is 13.7.